The van der Waals surface area contributed by atoms with Gasteiger partial charge in [-0.15, -0.1) is 0 Å². The molecule has 1 aliphatic heterocycles. The van der Waals surface area contributed by atoms with Gasteiger partial charge >= 0.3 is 0 Å². The van der Waals surface area contributed by atoms with E-state index in [1.54, 1.807) is 48.4 Å². The molecule has 2 aliphatic rings. The van der Waals surface area contributed by atoms with Crippen molar-refractivity contribution in [2.24, 2.45) is 5.16 Å². The van der Waals surface area contributed by atoms with E-state index in [2.05, 4.69) is 5.16 Å². The monoisotopic (exact) mass is 442 g/mol. The van der Waals surface area contributed by atoms with Crippen molar-refractivity contribution in [2.45, 2.75) is 38.3 Å². The number of benzene rings is 2. The third-order valence-electron chi connectivity index (χ3n) is 5.78. The second-order valence-corrected chi connectivity index (χ2v) is 8.11. The van der Waals surface area contributed by atoms with Crippen molar-refractivity contribution in [1.82, 2.24) is 4.90 Å². The quantitative estimate of drug-likeness (QED) is 0.626. The summed E-state index contributed by atoms with van der Waals surface area (Å²) in [5, 5.41) is 4.82. The van der Waals surface area contributed by atoms with Crippen LogP contribution in [0.15, 0.2) is 41.6 Å². The average molecular weight is 443 g/mol. The highest BCUT2D eigenvalue weighted by atomic mass is 35.5. The normalized spacial score (nSPS) is 17.0. The van der Waals surface area contributed by atoms with E-state index in [4.69, 9.17) is 25.9 Å². The number of carbonyl (C=O) groups is 2. The number of ether oxygens (including phenoxy) is 2. The van der Waals surface area contributed by atoms with Gasteiger partial charge in [-0.05, 0) is 62.6 Å². The summed E-state index contributed by atoms with van der Waals surface area (Å²) in [7, 11) is 3.09. The molecule has 2 aromatic carbocycles. The van der Waals surface area contributed by atoms with Gasteiger partial charge in [-0.1, -0.05) is 16.8 Å². The second kappa shape index (κ2) is 8.23. The van der Waals surface area contributed by atoms with E-state index in [1.165, 1.54) is 14.0 Å². The van der Waals surface area contributed by atoms with E-state index in [1.807, 2.05) is 0 Å². The molecular weight excluding hydrogens is 420 g/mol. The number of carbonyl (C=O) groups excluding carboxylic acids is 2. The highest BCUT2D eigenvalue weighted by Gasteiger charge is 2.53. The first-order valence-electron chi connectivity index (χ1n) is 9.98. The minimum atomic E-state index is -0.944. The molecule has 0 aromatic heterocycles. The minimum Gasteiger partial charge on any atom is -0.496 e. The summed E-state index contributed by atoms with van der Waals surface area (Å²) in [6.07, 6.45) is 2.11. The zero-order chi connectivity index (χ0) is 22.2. The summed E-state index contributed by atoms with van der Waals surface area (Å²) in [6.45, 7) is 1.65. The zero-order valence-corrected chi connectivity index (χ0v) is 18.4. The fourth-order valence-corrected chi connectivity index (χ4v) is 4.02. The molecular formula is C23H23ClN2O5. The van der Waals surface area contributed by atoms with Gasteiger partial charge in [0.1, 0.15) is 11.5 Å². The number of Topliss-reactive ketones (excluding diaryl/α,β-unsaturated/α-hetero) is 1. The van der Waals surface area contributed by atoms with Crippen LogP contribution < -0.4 is 9.47 Å². The van der Waals surface area contributed by atoms with Crippen LogP contribution in [0, 0.1) is 0 Å². The van der Waals surface area contributed by atoms with Crippen molar-refractivity contribution < 1.29 is 23.9 Å². The molecule has 162 valence electrons. The van der Waals surface area contributed by atoms with Crippen molar-refractivity contribution >= 4 is 29.1 Å². The molecule has 1 aliphatic carbocycles. The Kier molecular flexibility index (Phi) is 5.62. The molecule has 0 N–H and O–H groups in total. The van der Waals surface area contributed by atoms with Gasteiger partial charge in [-0.25, -0.2) is 0 Å². The van der Waals surface area contributed by atoms with Crippen LogP contribution in [0.4, 0.5) is 0 Å². The van der Waals surface area contributed by atoms with E-state index in [0.29, 0.717) is 51.9 Å². The van der Waals surface area contributed by atoms with Crippen molar-refractivity contribution in [2.75, 3.05) is 14.2 Å². The standard InChI is InChI=1S/C23H23ClN2O5/c1-14(27)15-5-7-19(29-2)16(11-15)13-26-21(18-12-17(24)6-8-20(18)30-3)25-31-23(22(26)28)9-4-10-23/h5-8,11-12H,4,9-10,13H2,1-3H3. The number of amides is 1. The van der Waals surface area contributed by atoms with Gasteiger partial charge in [0, 0.05) is 16.1 Å². The summed E-state index contributed by atoms with van der Waals surface area (Å²) in [4.78, 5) is 32.8. The van der Waals surface area contributed by atoms with Crippen LogP contribution in [-0.2, 0) is 16.2 Å². The summed E-state index contributed by atoms with van der Waals surface area (Å²) in [6, 6.07) is 10.3. The first-order chi connectivity index (χ1) is 14.9. The SMILES string of the molecule is COc1ccc(C(C)=O)cc1CN1C(=O)C2(CCC2)ON=C1c1cc(Cl)ccc1OC. The number of nitrogens with zero attached hydrogens (tertiary/aromatic N) is 2. The summed E-state index contributed by atoms with van der Waals surface area (Å²) in [5.74, 6) is 1.14. The highest BCUT2D eigenvalue weighted by molar-refractivity contribution is 6.31. The lowest BCUT2D eigenvalue weighted by Gasteiger charge is -2.44. The number of methoxy groups -OCH3 is 2. The fraction of sp³-hybridized carbons (Fsp3) is 0.348. The molecule has 1 heterocycles. The van der Waals surface area contributed by atoms with Crippen molar-refractivity contribution in [1.29, 1.82) is 0 Å². The lowest BCUT2D eigenvalue weighted by molar-refractivity contribution is -0.173. The third kappa shape index (κ3) is 3.74. The Morgan fingerprint density at radius 1 is 1.16 bits per heavy atom. The van der Waals surface area contributed by atoms with Crippen molar-refractivity contribution in [3.63, 3.8) is 0 Å². The Balaban J connectivity index is 1.81. The van der Waals surface area contributed by atoms with Crippen LogP contribution in [0.5, 0.6) is 11.5 Å². The number of oxime groups is 1. The topological polar surface area (TPSA) is 77.4 Å². The first-order valence-corrected chi connectivity index (χ1v) is 10.4. The lowest BCUT2D eigenvalue weighted by Crippen LogP contribution is -2.58. The predicted molar refractivity (Wildman–Crippen MR) is 116 cm³/mol. The molecule has 1 spiro atoms. The maximum absolute atomic E-state index is 13.6. The molecule has 1 fully saturated rings. The van der Waals surface area contributed by atoms with Crippen molar-refractivity contribution in [3.05, 3.63) is 58.1 Å². The number of ketones is 1. The molecule has 7 nitrogen and oxygen atoms in total. The molecule has 1 saturated carbocycles. The molecule has 0 radical (unpaired) electrons. The maximum Gasteiger partial charge on any atom is 0.275 e. The van der Waals surface area contributed by atoms with E-state index in [-0.39, 0.29) is 18.2 Å². The van der Waals surface area contributed by atoms with Crippen LogP contribution >= 0.6 is 11.6 Å². The molecule has 31 heavy (non-hydrogen) atoms. The van der Waals surface area contributed by atoms with Crippen LogP contribution in [0.2, 0.25) is 5.02 Å². The molecule has 0 saturated heterocycles. The number of hydrogen-bond acceptors (Lipinski definition) is 6. The maximum atomic E-state index is 13.6. The van der Waals surface area contributed by atoms with E-state index in [9.17, 15) is 9.59 Å². The average Bonchev–Trinajstić information content (AvgIpc) is 2.73. The van der Waals surface area contributed by atoms with Gasteiger partial charge in [-0.3, -0.25) is 14.5 Å². The zero-order valence-electron chi connectivity index (χ0n) is 17.6. The fourth-order valence-electron chi connectivity index (χ4n) is 3.85. The third-order valence-corrected chi connectivity index (χ3v) is 6.01. The van der Waals surface area contributed by atoms with Crippen LogP contribution in [0.1, 0.15) is 47.7 Å². The van der Waals surface area contributed by atoms with Gasteiger partial charge in [0.05, 0.1) is 26.3 Å². The van der Waals surface area contributed by atoms with Crippen LogP contribution in [0.25, 0.3) is 0 Å². The van der Waals surface area contributed by atoms with Crippen LogP contribution in [-0.4, -0.2) is 42.2 Å². The van der Waals surface area contributed by atoms with E-state index in [0.717, 1.165) is 6.42 Å². The Morgan fingerprint density at radius 3 is 2.48 bits per heavy atom. The smallest absolute Gasteiger partial charge is 0.275 e. The number of hydrogen-bond donors (Lipinski definition) is 0. The van der Waals surface area contributed by atoms with Crippen molar-refractivity contribution in [3.8, 4) is 11.5 Å². The Labute approximate surface area is 185 Å². The highest BCUT2D eigenvalue weighted by Crippen LogP contribution is 2.42. The largest absolute Gasteiger partial charge is 0.496 e. The number of rotatable bonds is 6. The molecule has 0 atom stereocenters. The Morgan fingerprint density at radius 2 is 1.87 bits per heavy atom. The van der Waals surface area contributed by atoms with Gasteiger partial charge in [0.25, 0.3) is 5.91 Å². The van der Waals surface area contributed by atoms with Crippen LogP contribution in [0.3, 0.4) is 0 Å². The Hall–Kier alpha value is -3.06. The molecule has 0 bridgehead atoms. The minimum absolute atomic E-state index is 0.0712. The van der Waals surface area contributed by atoms with Gasteiger partial charge in [0.2, 0.25) is 5.60 Å². The number of amidine groups is 1. The van der Waals surface area contributed by atoms with E-state index >= 15 is 0 Å². The molecule has 2 aromatic rings. The predicted octanol–water partition coefficient (Wildman–Crippen LogP) is 4.20. The van der Waals surface area contributed by atoms with Gasteiger partial charge < -0.3 is 14.3 Å². The van der Waals surface area contributed by atoms with Gasteiger partial charge in [0.15, 0.2) is 11.6 Å². The number of halogens is 1. The van der Waals surface area contributed by atoms with Gasteiger partial charge in [-0.2, -0.15) is 0 Å². The second-order valence-electron chi connectivity index (χ2n) is 7.67. The molecule has 8 heteroatoms. The first kappa shape index (κ1) is 21.2. The summed E-state index contributed by atoms with van der Waals surface area (Å²) in [5.41, 5.74) is 0.822. The van der Waals surface area contributed by atoms with E-state index < -0.39 is 5.60 Å². The molecule has 4 rings (SSSR count). The summed E-state index contributed by atoms with van der Waals surface area (Å²) >= 11 is 6.22. The molecule has 0 unspecified atom stereocenters. The summed E-state index contributed by atoms with van der Waals surface area (Å²) < 4.78 is 11.0. The Bertz CT molecular complexity index is 1080. The lowest BCUT2D eigenvalue weighted by atomic mass is 9.78. The molecule has 1 amide bonds.